The molecule has 0 saturated heterocycles. The van der Waals surface area contributed by atoms with Gasteiger partial charge in [0.25, 0.3) is 5.91 Å². The van der Waals surface area contributed by atoms with Crippen LogP contribution in [0.2, 0.25) is 0 Å². The molecule has 4 aromatic rings. The van der Waals surface area contributed by atoms with Crippen LogP contribution in [-0.4, -0.2) is 58.8 Å². The molecule has 0 atom stereocenters. The van der Waals surface area contributed by atoms with Crippen molar-refractivity contribution in [3.63, 3.8) is 0 Å². The van der Waals surface area contributed by atoms with Crippen LogP contribution in [0.1, 0.15) is 35.1 Å². The Kier molecular flexibility index (Phi) is 7.35. The van der Waals surface area contributed by atoms with Gasteiger partial charge in [0.15, 0.2) is 10.9 Å². The molecule has 0 aliphatic heterocycles. The molecule has 35 heavy (non-hydrogen) atoms. The molecule has 3 N–H and O–H groups in total. The van der Waals surface area contributed by atoms with E-state index in [2.05, 4.69) is 46.0 Å². The Morgan fingerprint density at radius 3 is 2.71 bits per heavy atom. The lowest BCUT2D eigenvalue weighted by molar-refractivity contribution is 0.0949. The van der Waals surface area contributed by atoms with E-state index in [-0.39, 0.29) is 23.1 Å². The number of hydrazone groups is 1. The number of hydrogen-bond donors (Lipinski definition) is 2. The number of nitrogens with two attached hydrogens (primary N) is 1. The fourth-order valence-corrected chi connectivity index (χ4v) is 3.90. The van der Waals surface area contributed by atoms with Gasteiger partial charge in [-0.25, -0.2) is 10.1 Å². The molecular weight excluding hydrogens is 474 g/mol. The molecule has 3 heterocycles. The fourth-order valence-electron chi connectivity index (χ4n) is 3.02. The van der Waals surface area contributed by atoms with Crippen LogP contribution in [0.25, 0.3) is 5.82 Å². The summed E-state index contributed by atoms with van der Waals surface area (Å²) in [4.78, 5) is 12.9. The van der Waals surface area contributed by atoms with Gasteiger partial charge in [-0.3, -0.25) is 4.79 Å². The first-order valence-corrected chi connectivity index (χ1v) is 11.4. The van der Waals surface area contributed by atoms with Crippen LogP contribution in [0.4, 0.5) is 5.82 Å². The standard InChI is InChI=1S/C20H23N11O3S/c1-12(4-5-13-6-8-14(33-3)9-7-13)23-25-19(32)16-15(10-35-20-26-22-11-30(20)2)31(29-24-16)18-17(21)27-34-28-18/h6-9,11H,4-5,10H2,1-3H3,(H2,21,27)(H,25,32)/b23-12+. The Morgan fingerprint density at radius 1 is 1.26 bits per heavy atom. The van der Waals surface area contributed by atoms with Crippen LogP contribution in [0.5, 0.6) is 5.75 Å². The van der Waals surface area contributed by atoms with Gasteiger partial charge in [-0.15, -0.1) is 15.3 Å². The Morgan fingerprint density at radius 2 is 2.06 bits per heavy atom. The lowest BCUT2D eigenvalue weighted by Gasteiger charge is -2.06. The second-order valence-electron chi connectivity index (χ2n) is 7.42. The minimum atomic E-state index is -0.524. The molecule has 182 valence electrons. The molecule has 0 bridgehead atoms. The molecule has 0 spiro atoms. The van der Waals surface area contributed by atoms with Gasteiger partial charge in [0.05, 0.1) is 12.8 Å². The first-order valence-electron chi connectivity index (χ1n) is 10.4. The lowest BCUT2D eigenvalue weighted by Crippen LogP contribution is -2.21. The number of anilines is 1. The Bertz CT molecular complexity index is 1330. The zero-order chi connectivity index (χ0) is 24.8. The normalized spacial score (nSPS) is 11.6. The van der Waals surface area contributed by atoms with Gasteiger partial charge in [0, 0.05) is 18.5 Å². The summed E-state index contributed by atoms with van der Waals surface area (Å²) in [6.45, 7) is 1.84. The average molecular weight is 498 g/mol. The van der Waals surface area contributed by atoms with Crippen molar-refractivity contribution in [1.82, 2.24) is 45.5 Å². The van der Waals surface area contributed by atoms with E-state index in [9.17, 15) is 4.79 Å². The van der Waals surface area contributed by atoms with E-state index in [1.807, 2.05) is 38.2 Å². The van der Waals surface area contributed by atoms with Crippen LogP contribution in [0, 0.1) is 0 Å². The van der Waals surface area contributed by atoms with Crippen molar-refractivity contribution in [2.45, 2.75) is 30.7 Å². The van der Waals surface area contributed by atoms with Crippen LogP contribution in [0.3, 0.4) is 0 Å². The van der Waals surface area contributed by atoms with Crippen molar-refractivity contribution in [2.75, 3.05) is 12.8 Å². The van der Waals surface area contributed by atoms with E-state index in [4.69, 9.17) is 10.5 Å². The molecule has 0 saturated carbocycles. The minimum Gasteiger partial charge on any atom is -0.497 e. The van der Waals surface area contributed by atoms with Crippen molar-refractivity contribution < 1.29 is 14.2 Å². The maximum Gasteiger partial charge on any atom is 0.293 e. The summed E-state index contributed by atoms with van der Waals surface area (Å²) in [5.41, 5.74) is 10.7. The van der Waals surface area contributed by atoms with E-state index >= 15 is 0 Å². The number of aromatic nitrogens is 8. The second kappa shape index (κ2) is 10.8. The van der Waals surface area contributed by atoms with Crippen LogP contribution >= 0.6 is 11.8 Å². The van der Waals surface area contributed by atoms with Gasteiger partial charge in [-0.2, -0.15) is 9.78 Å². The predicted molar refractivity (Wildman–Crippen MR) is 126 cm³/mol. The number of aryl methyl sites for hydroxylation is 2. The molecule has 14 nitrogen and oxygen atoms in total. The van der Waals surface area contributed by atoms with Gasteiger partial charge in [-0.05, 0) is 47.8 Å². The van der Waals surface area contributed by atoms with Gasteiger partial charge < -0.3 is 15.0 Å². The van der Waals surface area contributed by atoms with Crippen molar-refractivity contribution in [1.29, 1.82) is 0 Å². The van der Waals surface area contributed by atoms with Gasteiger partial charge in [-0.1, -0.05) is 29.1 Å². The lowest BCUT2D eigenvalue weighted by atomic mass is 10.1. The van der Waals surface area contributed by atoms with Crippen molar-refractivity contribution in [3.05, 3.63) is 47.5 Å². The fraction of sp³-hybridized carbons (Fsp3) is 0.300. The number of ether oxygens (including phenoxy) is 1. The quantitative estimate of drug-likeness (QED) is 0.184. The number of benzene rings is 1. The Labute approximate surface area is 203 Å². The zero-order valence-corrected chi connectivity index (χ0v) is 20.1. The van der Waals surface area contributed by atoms with E-state index in [1.165, 1.54) is 16.4 Å². The van der Waals surface area contributed by atoms with Crippen LogP contribution in [-0.2, 0) is 19.2 Å². The maximum atomic E-state index is 12.9. The highest BCUT2D eigenvalue weighted by Crippen LogP contribution is 2.24. The van der Waals surface area contributed by atoms with E-state index in [0.717, 1.165) is 23.4 Å². The van der Waals surface area contributed by atoms with E-state index in [1.54, 1.807) is 18.0 Å². The molecule has 15 heteroatoms. The molecular formula is C20H23N11O3S. The summed E-state index contributed by atoms with van der Waals surface area (Å²) in [7, 11) is 3.44. The molecule has 0 fully saturated rings. The molecule has 0 unspecified atom stereocenters. The Hall–Kier alpha value is -4.27. The highest BCUT2D eigenvalue weighted by Gasteiger charge is 2.24. The minimum absolute atomic E-state index is 0.0131. The number of thioether (sulfide) groups is 1. The molecule has 0 radical (unpaired) electrons. The summed E-state index contributed by atoms with van der Waals surface area (Å²) >= 11 is 1.34. The third-order valence-corrected chi connectivity index (χ3v) is 6.01. The third kappa shape index (κ3) is 5.63. The predicted octanol–water partition coefficient (Wildman–Crippen LogP) is 1.40. The number of carbonyl (C=O) groups is 1. The highest BCUT2D eigenvalue weighted by molar-refractivity contribution is 7.98. The van der Waals surface area contributed by atoms with E-state index < -0.39 is 5.91 Å². The highest BCUT2D eigenvalue weighted by atomic mass is 32.2. The Balaban J connectivity index is 1.47. The SMILES string of the molecule is COc1ccc(CC/C(C)=N/NC(=O)c2nnn(-c3nonc3N)c2CSc2nncn2C)cc1. The molecule has 3 aromatic heterocycles. The summed E-state index contributed by atoms with van der Waals surface area (Å²) in [5.74, 6) is 0.692. The molecule has 0 aliphatic rings. The number of nitrogens with one attached hydrogen (secondary N) is 1. The summed E-state index contributed by atoms with van der Waals surface area (Å²) < 4.78 is 12.9. The van der Waals surface area contributed by atoms with Gasteiger partial charge in [0.1, 0.15) is 12.1 Å². The topological polar surface area (TPSA) is 177 Å². The number of methoxy groups -OCH3 is 1. The first-order chi connectivity index (χ1) is 17.0. The number of hydrogen-bond acceptors (Lipinski definition) is 12. The summed E-state index contributed by atoms with van der Waals surface area (Å²) in [6.07, 6.45) is 3.01. The van der Waals surface area contributed by atoms with Crippen LogP contribution < -0.4 is 15.9 Å². The van der Waals surface area contributed by atoms with Crippen molar-refractivity contribution in [3.8, 4) is 11.6 Å². The zero-order valence-electron chi connectivity index (χ0n) is 19.2. The van der Waals surface area contributed by atoms with Gasteiger partial charge >= 0.3 is 0 Å². The monoisotopic (exact) mass is 497 g/mol. The molecule has 1 amide bonds. The van der Waals surface area contributed by atoms with Gasteiger partial charge in [0.2, 0.25) is 11.6 Å². The number of amides is 1. The largest absolute Gasteiger partial charge is 0.497 e. The average Bonchev–Trinajstić information content (AvgIpc) is 3.59. The van der Waals surface area contributed by atoms with E-state index in [0.29, 0.717) is 17.3 Å². The number of nitrogens with zero attached hydrogens (tertiary/aromatic N) is 9. The number of nitrogen functional groups attached to an aromatic ring is 1. The molecule has 0 aliphatic carbocycles. The third-order valence-electron chi connectivity index (χ3n) is 4.97. The molecule has 1 aromatic carbocycles. The summed E-state index contributed by atoms with van der Waals surface area (Å²) in [5, 5.41) is 28.1. The van der Waals surface area contributed by atoms with Crippen molar-refractivity contribution >= 4 is 29.2 Å². The maximum absolute atomic E-state index is 12.9. The molecule has 4 rings (SSSR count). The number of carbonyl (C=O) groups excluding carboxylic acids is 1. The number of rotatable bonds is 10. The van der Waals surface area contributed by atoms with Crippen LogP contribution in [0.15, 0.2) is 45.5 Å². The summed E-state index contributed by atoms with van der Waals surface area (Å²) in [6, 6.07) is 7.80. The first kappa shape index (κ1) is 23.9. The second-order valence-corrected chi connectivity index (χ2v) is 8.36. The smallest absolute Gasteiger partial charge is 0.293 e. The van der Waals surface area contributed by atoms with Crippen molar-refractivity contribution in [2.24, 2.45) is 12.1 Å².